The average molecular weight is 252 g/mol. The summed E-state index contributed by atoms with van der Waals surface area (Å²) in [4.78, 5) is 11.9. The SMILES string of the molecule is CSC(=CC(=O)c1ccc(C)c(C)c1)SC. The Labute approximate surface area is 106 Å². The van der Waals surface area contributed by atoms with Crippen LogP contribution in [0.2, 0.25) is 0 Å². The number of hydrogen-bond donors (Lipinski definition) is 0. The van der Waals surface area contributed by atoms with Crippen molar-refractivity contribution in [3.63, 3.8) is 0 Å². The van der Waals surface area contributed by atoms with Crippen LogP contribution in [0.1, 0.15) is 21.5 Å². The van der Waals surface area contributed by atoms with Crippen LogP contribution in [0, 0.1) is 13.8 Å². The molecule has 1 rings (SSSR count). The Morgan fingerprint density at radius 1 is 1.12 bits per heavy atom. The number of carbonyl (C=O) groups is 1. The largest absolute Gasteiger partial charge is 0.289 e. The summed E-state index contributed by atoms with van der Waals surface area (Å²) in [5.74, 6) is 0.0850. The first-order valence-corrected chi connectivity index (χ1v) is 7.44. The maximum Gasteiger partial charge on any atom is 0.187 e. The second kappa shape index (κ2) is 6.16. The van der Waals surface area contributed by atoms with E-state index < -0.39 is 0 Å². The number of rotatable bonds is 4. The number of ketones is 1. The first-order chi connectivity index (χ1) is 7.58. The number of thioether (sulfide) groups is 2. The fourth-order valence-electron chi connectivity index (χ4n) is 1.29. The maximum absolute atomic E-state index is 11.9. The minimum absolute atomic E-state index is 0.0850. The van der Waals surface area contributed by atoms with Crippen molar-refractivity contribution in [1.29, 1.82) is 0 Å². The Morgan fingerprint density at radius 2 is 1.75 bits per heavy atom. The molecule has 0 aliphatic carbocycles. The summed E-state index contributed by atoms with van der Waals surface area (Å²) in [6.45, 7) is 4.08. The number of aryl methyl sites for hydroxylation is 2. The highest BCUT2D eigenvalue weighted by Crippen LogP contribution is 2.24. The molecule has 3 heteroatoms. The van der Waals surface area contributed by atoms with E-state index in [-0.39, 0.29) is 5.78 Å². The molecule has 0 saturated carbocycles. The molecule has 1 nitrogen and oxygen atoms in total. The fourth-order valence-corrected chi connectivity index (χ4v) is 2.40. The lowest BCUT2D eigenvalue weighted by molar-refractivity contribution is 0.104. The molecule has 0 saturated heterocycles. The topological polar surface area (TPSA) is 17.1 Å². The van der Waals surface area contributed by atoms with Gasteiger partial charge in [0.05, 0.1) is 0 Å². The molecule has 0 unspecified atom stereocenters. The number of carbonyl (C=O) groups excluding carboxylic acids is 1. The van der Waals surface area contributed by atoms with Crippen molar-refractivity contribution < 1.29 is 4.79 Å². The van der Waals surface area contributed by atoms with Gasteiger partial charge in [-0.3, -0.25) is 4.79 Å². The molecule has 0 aliphatic heterocycles. The Morgan fingerprint density at radius 3 is 2.25 bits per heavy atom. The third-order valence-electron chi connectivity index (χ3n) is 2.44. The molecule has 0 spiro atoms. The average Bonchev–Trinajstić information content (AvgIpc) is 2.29. The van der Waals surface area contributed by atoms with Crippen molar-refractivity contribution in [2.24, 2.45) is 0 Å². The molecular formula is C13H16OS2. The summed E-state index contributed by atoms with van der Waals surface area (Å²) in [6, 6.07) is 5.83. The number of allylic oxidation sites excluding steroid dienone is 1. The van der Waals surface area contributed by atoms with Gasteiger partial charge in [-0.15, -0.1) is 23.5 Å². The highest BCUT2D eigenvalue weighted by Gasteiger charge is 2.05. The van der Waals surface area contributed by atoms with Gasteiger partial charge >= 0.3 is 0 Å². The van der Waals surface area contributed by atoms with Crippen LogP contribution < -0.4 is 0 Å². The summed E-state index contributed by atoms with van der Waals surface area (Å²) in [6.07, 6.45) is 5.67. The molecule has 0 radical (unpaired) electrons. The summed E-state index contributed by atoms with van der Waals surface area (Å²) < 4.78 is 1.04. The van der Waals surface area contributed by atoms with Crippen molar-refractivity contribution in [3.05, 3.63) is 45.2 Å². The van der Waals surface area contributed by atoms with Gasteiger partial charge in [0.25, 0.3) is 0 Å². The zero-order valence-corrected chi connectivity index (χ0v) is 11.7. The van der Waals surface area contributed by atoms with Gasteiger partial charge in [-0.25, -0.2) is 0 Å². The van der Waals surface area contributed by atoms with E-state index in [2.05, 4.69) is 6.92 Å². The standard InChI is InChI=1S/C13H16OS2/c1-9-5-6-11(7-10(9)2)12(14)8-13(15-3)16-4/h5-8H,1-4H3. The van der Waals surface area contributed by atoms with Crippen molar-refractivity contribution in [3.8, 4) is 0 Å². The lowest BCUT2D eigenvalue weighted by Crippen LogP contribution is -1.96. The zero-order valence-electron chi connectivity index (χ0n) is 10.0. The molecule has 0 atom stereocenters. The van der Waals surface area contributed by atoms with Gasteiger partial charge in [0.1, 0.15) is 0 Å². The highest BCUT2D eigenvalue weighted by molar-refractivity contribution is 8.21. The molecule has 0 aromatic heterocycles. The van der Waals surface area contributed by atoms with Crippen molar-refractivity contribution >= 4 is 29.3 Å². The van der Waals surface area contributed by atoms with E-state index in [1.54, 1.807) is 29.6 Å². The van der Waals surface area contributed by atoms with Crippen LogP contribution in [0.5, 0.6) is 0 Å². The van der Waals surface area contributed by atoms with E-state index in [0.29, 0.717) is 0 Å². The van der Waals surface area contributed by atoms with Crippen LogP contribution in [0.3, 0.4) is 0 Å². The minimum atomic E-state index is 0.0850. The molecule has 16 heavy (non-hydrogen) atoms. The van der Waals surface area contributed by atoms with E-state index >= 15 is 0 Å². The maximum atomic E-state index is 11.9. The monoisotopic (exact) mass is 252 g/mol. The van der Waals surface area contributed by atoms with Gasteiger partial charge < -0.3 is 0 Å². The second-order valence-corrected chi connectivity index (χ2v) is 5.49. The Kier molecular flexibility index (Phi) is 5.16. The first kappa shape index (κ1) is 13.4. The summed E-state index contributed by atoms with van der Waals surface area (Å²) >= 11 is 3.21. The molecular weight excluding hydrogens is 236 g/mol. The molecule has 86 valence electrons. The predicted octanol–water partition coefficient (Wildman–Crippen LogP) is 4.05. The molecule has 0 aliphatic rings. The molecule has 1 aromatic carbocycles. The lowest BCUT2D eigenvalue weighted by Gasteiger charge is -2.03. The van der Waals surface area contributed by atoms with Gasteiger partial charge in [0.15, 0.2) is 5.78 Å². The van der Waals surface area contributed by atoms with Gasteiger partial charge in [0.2, 0.25) is 0 Å². The highest BCUT2D eigenvalue weighted by atomic mass is 32.2. The van der Waals surface area contributed by atoms with E-state index in [9.17, 15) is 4.79 Å². The number of benzene rings is 1. The van der Waals surface area contributed by atoms with Gasteiger partial charge in [-0.05, 0) is 43.6 Å². The second-order valence-electron chi connectivity index (χ2n) is 3.53. The van der Waals surface area contributed by atoms with E-state index in [0.717, 1.165) is 15.4 Å². The Hall–Kier alpha value is -0.670. The van der Waals surface area contributed by atoms with Crippen molar-refractivity contribution in [1.82, 2.24) is 0 Å². The smallest absolute Gasteiger partial charge is 0.187 e. The predicted molar refractivity (Wildman–Crippen MR) is 75.4 cm³/mol. The minimum Gasteiger partial charge on any atom is -0.289 e. The van der Waals surface area contributed by atoms with E-state index in [1.165, 1.54) is 5.56 Å². The molecule has 0 bridgehead atoms. The summed E-state index contributed by atoms with van der Waals surface area (Å²) in [7, 11) is 0. The van der Waals surface area contributed by atoms with Crippen LogP contribution >= 0.6 is 23.5 Å². The fraction of sp³-hybridized carbons (Fsp3) is 0.308. The molecule has 1 aromatic rings. The lowest BCUT2D eigenvalue weighted by atomic mass is 10.0. The normalized spacial score (nSPS) is 10.0. The molecule has 0 heterocycles. The number of hydrogen-bond acceptors (Lipinski definition) is 3. The van der Waals surface area contributed by atoms with E-state index in [1.807, 2.05) is 37.6 Å². The van der Waals surface area contributed by atoms with Gasteiger partial charge in [-0.2, -0.15) is 0 Å². The molecule has 0 fully saturated rings. The Balaban J connectivity index is 2.97. The molecule has 0 amide bonds. The van der Waals surface area contributed by atoms with Crippen LogP contribution in [0.4, 0.5) is 0 Å². The molecule has 0 N–H and O–H groups in total. The van der Waals surface area contributed by atoms with Crippen molar-refractivity contribution in [2.45, 2.75) is 13.8 Å². The Bertz CT molecular complexity index is 416. The first-order valence-electron chi connectivity index (χ1n) is 4.99. The van der Waals surface area contributed by atoms with Crippen LogP contribution in [0.15, 0.2) is 28.5 Å². The summed E-state index contributed by atoms with van der Waals surface area (Å²) in [5, 5.41) is 0. The van der Waals surface area contributed by atoms with Crippen LogP contribution in [0.25, 0.3) is 0 Å². The van der Waals surface area contributed by atoms with Crippen LogP contribution in [-0.4, -0.2) is 18.3 Å². The van der Waals surface area contributed by atoms with Gasteiger partial charge in [-0.1, -0.05) is 12.1 Å². The third kappa shape index (κ3) is 3.42. The third-order valence-corrected chi connectivity index (χ3v) is 4.48. The van der Waals surface area contributed by atoms with Gasteiger partial charge in [0, 0.05) is 15.9 Å². The quantitative estimate of drug-likeness (QED) is 0.594. The zero-order chi connectivity index (χ0) is 12.1. The van der Waals surface area contributed by atoms with Crippen LogP contribution in [-0.2, 0) is 0 Å². The van der Waals surface area contributed by atoms with E-state index in [4.69, 9.17) is 0 Å². The van der Waals surface area contributed by atoms with Crippen molar-refractivity contribution in [2.75, 3.05) is 12.5 Å². The summed E-state index contributed by atoms with van der Waals surface area (Å²) in [5.41, 5.74) is 3.15.